The van der Waals surface area contributed by atoms with E-state index in [-0.39, 0.29) is 5.82 Å². The molecule has 4 heteroatoms. The van der Waals surface area contributed by atoms with Crippen molar-refractivity contribution >= 4 is 5.69 Å². The van der Waals surface area contributed by atoms with Gasteiger partial charge in [0.25, 0.3) is 0 Å². The number of likely N-dealkylation sites (N-methyl/N-ethyl adjacent to an activating group) is 1. The number of piperidine rings is 1. The van der Waals surface area contributed by atoms with Gasteiger partial charge in [-0.05, 0) is 50.6 Å². The van der Waals surface area contributed by atoms with Crippen LogP contribution in [0.15, 0.2) is 18.2 Å². The zero-order valence-electron chi connectivity index (χ0n) is 13.5. The summed E-state index contributed by atoms with van der Waals surface area (Å²) in [4.78, 5) is 4.34. The lowest BCUT2D eigenvalue weighted by Crippen LogP contribution is -2.33. The Labute approximate surface area is 128 Å². The van der Waals surface area contributed by atoms with E-state index in [0.717, 1.165) is 62.7 Å². The number of rotatable bonds is 6. The lowest BCUT2D eigenvalue weighted by molar-refractivity contribution is 0.400. The Morgan fingerprint density at radius 2 is 2.00 bits per heavy atom. The van der Waals surface area contributed by atoms with Crippen LogP contribution >= 0.6 is 0 Å². The van der Waals surface area contributed by atoms with Gasteiger partial charge in [0.1, 0.15) is 5.82 Å². The summed E-state index contributed by atoms with van der Waals surface area (Å²) in [7, 11) is 4.13. The molecule has 0 spiro atoms. The molecule has 1 saturated heterocycles. The molecule has 1 aromatic rings. The highest BCUT2D eigenvalue weighted by atomic mass is 19.1. The Kier molecular flexibility index (Phi) is 6.00. The molecule has 0 saturated carbocycles. The predicted octanol–water partition coefficient (Wildman–Crippen LogP) is 2.71. The number of nitrogens with one attached hydrogen (secondary N) is 1. The fourth-order valence-electron chi connectivity index (χ4n) is 2.70. The van der Waals surface area contributed by atoms with Gasteiger partial charge in [-0.3, -0.25) is 0 Å². The fourth-order valence-corrected chi connectivity index (χ4v) is 2.70. The van der Waals surface area contributed by atoms with Crippen LogP contribution in [-0.4, -0.2) is 45.2 Å². The van der Waals surface area contributed by atoms with Crippen LogP contribution < -0.4 is 10.2 Å². The van der Waals surface area contributed by atoms with Gasteiger partial charge in [0.2, 0.25) is 0 Å². The molecule has 0 aromatic heterocycles. The molecule has 0 atom stereocenters. The van der Waals surface area contributed by atoms with Crippen molar-refractivity contribution in [3.8, 4) is 0 Å². The van der Waals surface area contributed by atoms with Gasteiger partial charge in [0, 0.05) is 32.7 Å². The first kappa shape index (κ1) is 16.2. The van der Waals surface area contributed by atoms with Crippen molar-refractivity contribution in [2.24, 2.45) is 5.92 Å². The van der Waals surface area contributed by atoms with Crippen molar-refractivity contribution in [1.82, 2.24) is 10.2 Å². The molecule has 2 rings (SSSR count). The van der Waals surface area contributed by atoms with Crippen LogP contribution in [0.3, 0.4) is 0 Å². The molecule has 0 bridgehead atoms. The maximum atomic E-state index is 14.1. The molecular weight excluding hydrogens is 265 g/mol. The van der Waals surface area contributed by atoms with Crippen LogP contribution in [0.1, 0.15) is 25.3 Å². The summed E-state index contributed by atoms with van der Waals surface area (Å²) in [5, 5.41) is 3.41. The maximum Gasteiger partial charge on any atom is 0.146 e. The van der Waals surface area contributed by atoms with Crippen molar-refractivity contribution in [2.75, 3.05) is 45.2 Å². The van der Waals surface area contributed by atoms with Crippen LogP contribution in [0.5, 0.6) is 0 Å². The predicted molar refractivity (Wildman–Crippen MR) is 87.3 cm³/mol. The Bertz CT molecular complexity index is 440. The van der Waals surface area contributed by atoms with E-state index in [1.54, 1.807) is 6.07 Å². The number of benzene rings is 1. The first-order valence-electron chi connectivity index (χ1n) is 7.95. The van der Waals surface area contributed by atoms with E-state index >= 15 is 0 Å². The number of hydrogen-bond donors (Lipinski definition) is 1. The number of hydrogen-bond acceptors (Lipinski definition) is 3. The van der Waals surface area contributed by atoms with Gasteiger partial charge < -0.3 is 15.1 Å². The van der Waals surface area contributed by atoms with Gasteiger partial charge in [0.05, 0.1) is 5.69 Å². The van der Waals surface area contributed by atoms with Gasteiger partial charge in [0.15, 0.2) is 0 Å². The third-order valence-electron chi connectivity index (χ3n) is 4.20. The van der Waals surface area contributed by atoms with E-state index < -0.39 is 0 Å². The van der Waals surface area contributed by atoms with Crippen LogP contribution in [-0.2, 0) is 6.54 Å². The van der Waals surface area contributed by atoms with E-state index in [4.69, 9.17) is 0 Å². The lowest BCUT2D eigenvalue weighted by Gasteiger charge is -2.32. The SMILES string of the molecule is CC1CCN(c2cc(CNCCN(C)C)ccc2F)CC1. The van der Waals surface area contributed by atoms with Crippen molar-refractivity contribution in [3.05, 3.63) is 29.6 Å². The first-order chi connectivity index (χ1) is 10.1. The van der Waals surface area contributed by atoms with Gasteiger partial charge in [-0.1, -0.05) is 13.0 Å². The van der Waals surface area contributed by atoms with Gasteiger partial charge >= 0.3 is 0 Å². The largest absolute Gasteiger partial charge is 0.369 e. The Morgan fingerprint density at radius 3 is 2.67 bits per heavy atom. The number of nitrogens with zero attached hydrogens (tertiary/aromatic N) is 2. The molecule has 0 amide bonds. The van der Waals surface area contributed by atoms with E-state index in [2.05, 4.69) is 36.1 Å². The lowest BCUT2D eigenvalue weighted by atomic mass is 9.98. The van der Waals surface area contributed by atoms with E-state index in [1.165, 1.54) is 0 Å². The van der Waals surface area contributed by atoms with Crippen molar-refractivity contribution in [1.29, 1.82) is 0 Å². The molecular formula is C17H28FN3. The molecule has 21 heavy (non-hydrogen) atoms. The van der Waals surface area contributed by atoms with Crippen molar-refractivity contribution < 1.29 is 4.39 Å². The molecule has 3 nitrogen and oxygen atoms in total. The smallest absolute Gasteiger partial charge is 0.146 e. The highest BCUT2D eigenvalue weighted by molar-refractivity contribution is 5.50. The summed E-state index contributed by atoms with van der Waals surface area (Å²) in [6.07, 6.45) is 2.31. The van der Waals surface area contributed by atoms with Crippen LogP contribution in [0.2, 0.25) is 0 Å². The molecule has 1 fully saturated rings. The fraction of sp³-hybridized carbons (Fsp3) is 0.647. The average molecular weight is 293 g/mol. The number of halogens is 1. The second-order valence-corrected chi connectivity index (χ2v) is 6.44. The molecule has 1 heterocycles. The molecule has 1 aliphatic rings. The molecule has 1 N–H and O–H groups in total. The highest BCUT2D eigenvalue weighted by Crippen LogP contribution is 2.26. The van der Waals surface area contributed by atoms with Crippen LogP contribution in [0.25, 0.3) is 0 Å². The molecule has 1 aromatic carbocycles. The summed E-state index contributed by atoms with van der Waals surface area (Å²) >= 11 is 0. The molecule has 118 valence electrons. The highest BCUT2D eigenvalue weighted by Gasteiger charge is 2.18. The van der Waals surface area contributed by atoms with Crippen LogP contribution in [0, 0.1) is 11.7 Å². The topological polar surface area (TPSA) is 18.5 Å². The Morgan fingerprint density at radius 1 is 1.29 bits per heavy atom. The van der Waals surface area contributed by atoms with Crippen molar-refractivity contribution in [3.63, 3.8) is 0 Å². The molecule has 0 radical (unpaired) electrons. The van der Waals surface area contributed by atoms with E-state index in [9.17, 15) is 4.39 Å². The van der Waals surface area contributed by atoms with E-state index in [1.807, 2.05) is 12.1 Å². The summed E-state index contributed by atoms with van der Waals surface area (Å²) < 4.78 is 14.1. The van der Waals surface area contributed by atoms with Gasteiger partial charge in [-0.15, -0.1) is 0 Å². The molecule has 1 aliphatic heterocycles. The first-order valence-corrected chi connectivity index (χ1v) is 7.95. The summed E-state index contributed by atoms with van der Waals surface area (Å²) in [6, 6.07) is 5.50. The zero-order valence-corrected chi connectivity index (χ0v) is 13.5. The third-order valence-corrected chi connectivity index (χ3v) is 4.20. The van der Waals surface area contributed by atoms with Crippen molar-refractivity contribution in [2.45, 2.75) is 26.3 Å². The Hall–Kier alpha value is -1.13. The minimum Gasteiger partial charge on any atom is -0.369 e. The summed E-state index contributed by atoms with van der Waals surface area (Å²) in [5.41, 5.74) is 1.93. The maximum absolute atomic E-state index is 14.1. The zero-order chi connectivity index (χ0) is 15.2. The summed E-state index contributed by atoms with van der Waals surface area (Å²) in [6.45, 7) is 6.97. The quantitative estimate of drug-likeness (QED) is 0.814. The van der Waals surface area contributed by atoms with E-state index in [0.29, 0.717) is 0 Å². The third kappa shape index (κ3) is 4.97. The molecule has 0 aliphatic carbocycles. The molecule has 0 unspecified atom stereocenters. The second kappa shape index (κ2) is 7.76. The average Bonchev–Trinajstić information content (AvgIpc) is 2.46. The summed E-state index contributed by atoms with van der Waals surface area (Å²) in [5.74, 6) is 0.668. The standard InChI is InChI=1S/C17H28FN3/c1-14-6-9-21(10-7-14)17-12-15(4-5-16(17)18)13-19-8-11-20(2)3/h4-5,12,14,19H,6-11,13H2,1-3H3. The van der Waals surface area contributed by atoms with Crippen LogP contribution in [0.4, 0.5) is 10.1 Å². The number of anilines is 1. The normalized spacial score (nSPS) is 16.7. The Balaban J connectivity index is 1.93. The van der Waals surface area contributed by atoms with Gasteiger partial charge in [-0.2, -0.15) is 0 Å². The minimum atomic E-state index is -0.0957. The minimum absolute atomic E-state index is 0.0957. The van der Waals surface area contributed by atoms with Gasteiger partial charge in [-0.25, -0.2) is 4.39 Å². The monoisotopic (exact) mass is 293 g/mol. The second-order valence-electron chi connectivity index (χ2n) is 6.44.